The van der Waals surface area contributed by atoms with E-state index in [1.165, 1.54) is 0 Å². The highest BCUT2D eigenvalue weighted by molar-refractivity contribution is 14.0. The van der Waals surface area contributed by atoms with Crippen molar-refractivity contribution in [1.29, 1.82) is 0 Å². The van der Waals surface area contributed by atoms with Crippen molar-refractivity contribution < 1.29 is 9.00 Å². The summed E-state index contributed by atoms with van der Waals surface area (Å²) in [5, 5.41) is 9.69. The van der Waals surface area contributed by atoms with E-state index in [-0.39, 0.29) is 47.7 Å². The van der Waals surface area contributed by atoms with E-state index < -0.39 is 10.8 Å². The molecule has 3 unspecified atom stereocenters. The molecule has 0 radical (unpaired) electrons. The zero-order valence-electron chi connectivity index (χ0n) is 15.1. The third-order valence-corrected chi connectivity index (χ3v) is 5.66. The Morgan fingerprint density at radius 2 is 1.96 bits per heavy atom. The number of carbonyl (C=O) groups excluding carboxylic acids is 1. The molecule has 0 saturated heterocycles. The topological polar surface area (TPSA) is 82.6 Å². The van der Waals surface area contributed by atoms with Gasteiger partial charge in [-0.15, -0.1) is 24.0 Å². The van der Waals surface area contributed by atoms with Crippen LogP contribution in [0.1, 0.15) is 52.9 Å². The minimum absolute atomic E-state index is 0. The minimum Gasteiger partial charge on any atom is -0.357 e. The summed E-state index contributed by atoms with van der Waals surface area (Å²) in [7, 11) is -0.732. The fourth-order valence-electron chi connectivity index (χ4n) is 2.74. The van der Waals surface area contributed by atoms with Gasteiger partial charge in [0.25, 0.3) is 0 Å². The molecule has 1 aliphatic rings. The molecule has 8 heteroatoms. The highest BCUT2D eigenvalue weighted by atomic mass is 127. The van der Waals surface area contributed by atoms with Crippen LogP contribution in [0.4, 0.5) is 0 Å². The molecule has 142 valence electrons. The van der Waals surface area contributed by atoms with Crippen molar-refractivity contribution in [3.8, 4) is 0 Å². The summed E-state index contributed by atoms with van der Waals surface area (Å²) in [6.45, 7) is 7.57. The lowest BCUT2D eigenvalue weighted by Gasteiger charge is -2.30. The van der Waals surface area contributed by atoms with Gasteiger partial charge in [-0.25, -0.2) is 4.99 Å². The molecular weight excluding hydrogens is 439 g/mol. The number of carbonyl (C=O) groups is 1. The lowest BCUT2D eigenvalue weighted by atomic mass is 9.95. The quantitative estimate of drug-likeness (QED) is 0.286. The molecule has 3 N–H and O–H groups in total. The van der Waals surface area contributed by atoms with Crippen LogP contribution in [0, 0.1) is 0 Å². The Morgan fingerprint density at radius 1 is 1.21 bits per heavy atom. The highest BCUT2D eigenvalue weighted by Crippen LogP contribution is 2.22. The number of guanidine groups is 1. The lowest BCUT2D eigenvalue weighted by molar-refractivity contribution is -0.119. The number of nitrogens with one attached hydrogen (secondary N) is 3. The molecule has 0 bridgehead atoms. The summed E-state index contributed by atoms with van der Waals surface area (Å²) in [5.74, 6) is 1.34. The maximum atomic E-state index is 12.0. The van der Waals surface area contributed by atoms with Gasteiger partial charge < -0.3 is 16.0 Å². The highest BCUT2D eigenvalue weighted by Gasteiger charge is 2.26. The fourth-order valence-corrected chi connectivity index (χ4v) is 4.08. The van der Waals surface area contributed by atoms with Crippen molar-refractivity contribution in [2.45, 2.75) is 64.2 Å². The third kappa shape index (κ3) is 9.19. The molecule has 1 aliphatic carbocycles. The molecule has 1 fully saturated rings. The van der Waals surface area contributed by atoms with Crippen LogP contribution in [-0.4, -0.2) is 52.8 Å². The molecule has 0 aliphatic heterocycles. The first kappa shape index (κ1) is 23.6. The van der Waals surface area contributed by atoms with E-state index in [2.05, 4.69) is 20.9 Å². The van der Waals surface area contributed by atoms with Crippen molar-refractivity contribution in [1.82, 2.24) is 16.0 Å². The number of aliphatic imine (C=N–C) groups is 1. The second-order valence-corrected chi connectivity index (χ2v) is 7.85. The molecule has 0 aromatic rings. The molecule has 6 nitrogen and oxygen atoms in total. The largest absolute Gasteiger partial charge is 0.357 e. The van der Waals surface area contributed by atoms with Crippen molar-refractivity contribution >= 4 is 46.6 Å². The van der Waals surface area contributed by atoms with Crippen molar-refractivity contribution in [2.24, 2.45) is 4.99 Å². The van der Waals surface area contributed by atoms with Crippen LogP contribution in [-0.2, 0) is 15.6 Å². The van der Waals surface area contributed by atoms with Crippen LogP contribution in [0.25, 0.3) is 0 Å². The Labute approximate surface area is 165 Å². The van der Waals surface area contributed by atoms with Gasteiger partial charge >= 0.3 is 0 Å². The summed E-state index contributed by atoms with van der Waals surface area (Å²) in [6.07, 6.45) is 5.03. The van der Waals surface area contributed by atoms with E-state index in [9.17, 15) is 9.00 Å². The number of hydrogen-bond donors (Lipinski definition) is 3. The number of amides is 1. The third-order valence-electron chi connectivity index (χ3n) is 3.92. The average Bonchev–Trinajstić information content (AvgIpc) is 2.57. The summed E-state index contributed by atoms with van der Waals surface area (Å²) in [4.78, 5) is 16.0. The van der Waals surface area contributed by atoms with E-state index in [1.807, 2.05) is 20.8 Å². The van der Waals surface area contributed by atoms with Crippen LogP contribution in [0.3, 0.4) is 0 Å². The Hall–Kier alpha value is -0.380. The Morgan fingerprint density at radius 3 is 2.58 bits per heavy atom. The number of halogens is 1. The molecule has 0 spiro atoms. The van der Waals surface area contributed by atoms with Gasteiger partial charge in [-0.3, -0.25) is 9.00 Å². The monoisotopic (exact) mass is 472 g/mol. The second kappa shape index (κ2) is 13.9. The predicted molar refractivity (Wildman–Crippen MR) is 113 cm³/mol. The summed E-state index contributed by atoms with van der Waals surface area (Å²) < 4.78 is 12.0. The summed E-state index contributed by atoms with van der Waals surface area (Å²) in [6, 6.07) is 0.278. The van der Waals surface area contributed by atoms with E-state index in [1.54, 1.807) is 0 Å². The fraction of sp³-hybridized carbons (Fsp3) is 0.875. The molecular formula is C16H33IN4O2S. The molecule has 0 aromatic carbocycles. The predicted octanol–water partition coefficient (Wildman–Crippen LogP) is 1.77. The smallest absolute Gasteiger partial charge is 0.241 e. The first-order valence-corrected chi connectivity index (χ1v) is 10.2. The molecule has 1 amide bonds. The minimum atomic E-state index is -0.732. The van der Waals surface area contributed by atoms with Gasteiger partial charge in [0.15, 0.2) is 5.96 Å². The van der Waals surface area contributed by atoms with Gasteiger partial charge in [-0.05, 0) is 32.6 Å². The first-order valence-electron chi connectivity index (χ1n) is 8.79. The second-order valence-electron chi connectivity index (χ2n) is 5.84. The van der Waals surface area contributed by atoms with Crippen LogP contribution < -0.4 is 16.0 Å². The van der Waals surface area contributed by atoms with Gasteiger partial charge in [0.1, 0.15) is 6.54 Å². The van der Waals surface area contributed by atoms with Gasteiger partial charge in [0.2, 0.25) is 5.91 Å². The summed E-state index contributed by atoms with van der Waals surface area (Å²) in [5.41, 5.74) is 0. The Kier molecular flexibility index (Phi) is 13.6. The SMILES string of the molecule is CCCNC(=O)CN=C(NCC)NC1CCCC(S(=O)CC)C1.I. The van der Waals surface area contributed by atoms with Crippen LogP contribution in [0.5, 0.6) is 0 Å². The van der Waals surface area contributed by atoms with Gasteiger partial charge in [0, 0.05) is 40.9 Å². The van der Waals surface area contributed by atoms with Crippen molar-refractivity contribution in [3.05, 3.63) is 0 Å². The number of rotatable bonds is 8. The standard InChI is InChI=1S/C16H32N4O2S.HI/c1-4-10-18-15(21)12-19-16(17-5-2)20-13-8-7-9-14(11-13)23(22)6-3;/h13-14H,4-12H2,1-3H3,(H,18,21)(H2,17,19,20);1H. The van der Waals surface area contributed by atoms with Gasteiger partial charge in [-0.2, -0.15) is 0 Å². The van der Waals surface area contributed by atoms with E-state index in [0.29, 0.717) is 12.5 Å². The van der Waals surface area contributed by atoms with Crippen LogP contribution in [0.2, 0.25) is 0 Å². The van der Waals surface area contributed by atoms with Crippen molar-refractivity contribution in [3.63, 3.8) is 0 Å². The molecule has 0 heterocycles. The van der Waals surface area contributed by atoms with Gasteiger partial charge in [0.05, 0.1) is 0 Å². The Balaban J connectivity index is 0.00000529. The molecule has 0 aromatic heterocycles. The zero-order valence-corrected chi connectivity index (χ0v) is 18.2. The maximum absolute atomic E-state index is 12.0. The van der Waals surface area contributed by atoms with Gasteiger partial charge in [-0.1, -0.05) is 20.3 Å². The Bertz CT molecular complexity index is 421. The molecule has 1 rings (SSSR count). The zero-order chi connectivity index (χ0) is 17.1. The normalized spacial score (nSPS) is 22.2. The van der Waals surface area contributed by atoms with E-state index >= 15 is 0 Å². The van der Waals surface area contributed by atoms with E-state index in [0.717, 1.165) is 44.4 Å². The lowest BCUT2D eigenvalue weighted by Crippen LogP contribution is -2.47. The van der Waals surface area contributed by atoms with Crippen LogP contribution in [0.15, 0.2) is 4.99 Å². The maximum Gasteiger partial charge on any atom is 0.241 e. The summed E-state index contributed by atoms with van der Waals surface area (Å²) >= 11 is 0. The number of nitrogens with zero attached hydrogens (tertiary/aromatic N) is 1. The molecule has 24 heavy (non-hydrogen) atoms. The molecule has 3 atom stereocenters. The first-order chi connectivity index (χ1) is 11.1. The van der Waals surface area contributed by atoms with Crippen LogP contribution >= 0.6 is 24.0 Å². The van der Waals surface area contributed by atoms with E-state index in [4.69, 9.17) is 0 Å². The molecule has 1 saturated carbocycles. The van der Waals surface area contributed by atoms with Crippen molar-refractivity contribution in [2.75, 3.05) is 25.4 Å². The average molecular weight is 472 g/mol. The number of hydrogen-bond acceptors (Lipinski definition) is 3.